The highest BCUT2D eigenvalue weighted by Gasteiger charge is 2.60. The van der Waals surface area contributed by atoms with E-state index in [1.807, 2.05) is 70.5 Å². The smallest absolute Gasteiger partial charge is 0.261 e. The molecule has 3 amide bonds. The average Bonchev–Trinajstić information content (AvgIpc) is 3.59. The second-order valence-corrected chi connectivity index (χ2v) is 12.1. The minimum atomic E-state index is -0.940. The van der Waals surface area contributed by atoms with E-state index in [0.29, 0.717) is 56.9 Å². The zero-order valence-corrected chi connectivity index (χ0v) is 24.6. The Labute approximate surface area is 250 Å². The van der Waals surface area contributed by atoms with E-state index in [1.165, 1.54) is 4.88 Å². The maximum atomic E-state index is 14.2. The first-order valence-electron chi connectivity index (χ1n) is 14.1. The third-order valence-corrected chi connectivity index (χ3v) is 9.28. The van der Waals surface area contributed by atoms with Gasteiger partial charge in [-0.05, 0) is 67.0 Å². The standard InChI is InChI=1S/C31H36ClN5O3S/c32-24-11-8-23(9-12-24)10-13-27(38)35-19-15-31(16-20-35)30(40)36(21-18-34-17-14-26-7-4-22-41-26)29(28(33)39)37(31)25-5-2-1-3-6-25/h1-9,11-12,22,29,34H,10,13-21H2,(H2,33,39)/t29-/m0/s1. The van der Waals surface area contributed by atoms with Crippen LogP contribution in [-0.2, 0) is 27.2 Å². The molecule has 0 unspecified atom stereocenters. The van der Waals surface area contributed by atoms with Crippen LogP contribution in [0.3, 0.4) is 0 Å². The number of para-hydroxylation sites is 1. The van der Waals surface area contributed by atoms with Crippen molar-refractivity contribution in [3.63, 3.8) is 0 Å². The summed E-state index contributed by atoms with van der Waals surface area (Å²) in [6.07, 6.45) is 1.89. The number of nitrogens with two attached hydrogens (primary N) is 1. The van der Waals surface area contributed by atoms with Crippen LogP contribution in [-0.4, -0.2) is 71.9 Å². The number of nitrogens with zero attached hydrogens (tertiary/aromatic N) is 3. The molecule has 10 heteroatoms. The molecule has 1 aromatic heterocycles. The predicted molar refractivity (Wildman–Crippen MR) is 163 cm³/mol. The van der Waals surface area contributed by atoms with Crippen molar-refractivity contribution in [3.05, 3.63) is 87.6 Å². The second kappa shape index (κ2) is 13.1. The Morgan fingerprint density at radius 2 is 1.71 bits per heavy atom. The molecule has 1 atom stereocenters. The van der Waals surface area contributed by atoms with Gasteiger partial charge in [0.15, 0.2) is 6.17 Å². The van der Waals surface area contributed by atoms with Gasteiger partial charge in [-0.1, -0.05) is 48.0 Å². The topological polar surface area (TPSA) is 99.0 Å². The van der Waals surface area contributed by atoms with Crippen LogP contribution in [0.5, 0.6) is 0 Å². The molecule has 2 aromatic carbocycles. The van der Waals surface area contributed by atoms with Crippen molar-refractivity contribution in [2.24, 2.45) is 5.73 Å². The van der Waals surface area contributed by atoms with E-state index in [0.717, 1.165) is 24.2 Å². The average molecular weight is 594 g/mol. The number of aryl methyl sites for hydroxylation is 1. The first-order chi connectivity index (χ1) is 19.9. The van der Waals surface area contributed by atoms with Crippen LogP contribution in [0.4, 0.5) is 5.69 Å². The van der Waals surface area contributed by atoms with Crippen molar-refractivity contribution in [2.45, 2.75) is 43.8 Å². The lowest BCUT2D eigenvalue weighted by atomic mass is 9.85. The molecule has 3 aromatic rings. The summed E-state index contributed by atoms with van der Waals surface area (Å²) in [5.74, 6) is -0.595. The molecule has 2 saturated heterocycles. The monoisotopic (exact) mass is 593 g/mol. The van der Waals surface area contributed by atoms with Gasteiger partial charge in [0.2, 0.25) is 5.91 Å². The number of carbonyl (C=O) groups excluding carboxylic acids is 3. The lowest BCUT2D eigenvalue weighted by molar-refractivity contribution is -0.139. The number of likely N-dealkylation sites (tertiary alicyclic amines) is 1. The van der Waals surface area contributed by atoms with E-state index < -0.39 is 17.6 Å². The summed E-state index contributed by atoms with van der Waals surface area (Å²) in [5.41, 5.74) is 6.87. The molecule has 8 nitrogen and oxygen atoms in total. The summed E-state index contributed by atoms with van der Waals surface area (Å²) >= 11 is 7.71. The van der Waals surface area contributed by atoms with Crippen LogP contribution in [0, 0.1) is 0 Å². The molecule has 0 bridgehead atoms. The van der Waals surface area contributed by atoms with E-state index >= 15 is 0 Å². The number of hydrogen-bond acceptors (Lipinski definition) is 6. The second-order valence-electron chi connectivity index (χ2n) is 10.6. The molecule has 5 rings (SSSR count). The summed E-state index contributed by atoms with van der Waals surface area (Å²) in [6, 6.07) is 21.2. The van der Waals surface area contributed by atoms with Gasteiger partial charge in [-0.3, -0.25) is 14.4 Å². The summed E-state index contributed by atoms with van der Waals surface area (Å²) < 4.78 is 0. The maximum Gasteiger partial charge on any atom is 0.261 e. The van der Waals surface area contributed by atoms with E-state index in [1.54, 1.807) is 16.2 Å². The van der Waals surface area contributed by atoms with Gasteiger partial charge < -0.3 is 25.8 Å². The number of primary amides is 1. The molecule has 2 aliphatic rings. The molecule has 3 N–H and O–H groups in total. The molecule has 3 heterocycles. The van der Waals surface area contributed by atoms with E-state index in [4.69, 9.17) is 17.3 Å². The Morgan fingerprint density at radius 1 is 0.976 bits per heavy atom. The number of piperidine rings is 1. The molecule has 216 valence electrons. The van der Waals surface area contributed by atoms with Gasteiger partial charge in [0.1, 0.15) is 5.54 Å². The maximum absolute atomic E-state index is 14.2. The highest BCUT2D eigenvalue weighted by molar-refractivity contribution is 7.09. The minimum Gasteiger partial charge on any atom is -0.366 e. The number of hydrogen-bond donors (Lipinski definition) is 2. The summed E-state index contributed by atoms with van der Waals surface area (Å²) in [6.45, 7) is 2.57. The fraction of sp³-hybridized carbons (Fsp3) is 0.387. The van der Waals surface area contributed by atoms with Crippen LogP contribution in [0.25, 0.3) is 0 Å². The SMILES string of the molecule is NC(=O)[C@H]1N(CCNCCc2cccs2)C(=O)C2(CCN(C(=O)CCc3ccc(Cl)cc3)CC2)N1c1ccccc1. The fourth-order valence-electron chi connectivity index (χ4n) is 5.97. The number of halogens is 1. The first-order valence-corrected chi connectivity index (χ1v) is 15.3. The molecule has 2 aliphatic heterocycles. The Hall–Kier alpha value is -3.40. The fourth-order valence-corrected chi connectivity index (χ4v) is 6.80. The Balaban J connectivity index is 1.28. The number of rotatable bonds is 11. The number of thiophene rings is 1. The highest BCUT2D eigenvalue weighted by Crippen LogP contribution is 2.42. The molecule has 41 heavy (non-hydrogen) atoms. The van der Waals surface area contributed by atoms with Crippen molar-refractivity contribution in [1.29, 1.82) is 0 Å². The molecular weight excluding hydrogens is 558 g/mol. The number of anilines is 1. The molecule has 0 radical (unpaired) electrons. The zero-order chi connectivity index (χ0) is 28.8. The predicted octanol–water partition coefficient (Wildman–Crippen LogP) is 3.69. The molecule has 0 saturated carbocycles. The minimum absolute atomic E-state index is 0.0600. The van der Waals surface area contributed by atoms with E-state index in [2.05, 4.69) is 16.8 Å². The molecular formula is C31H36ClN5O3S. The van der Waals surface area contributed by atoms with Gasteiger partial charge in [-0.25, -0.2) is 0 Å². The van der Waals surface area contributed by atoms with Crippen molar-refractivity contribution in [1.82, 2.24) is 15.1 Å². The zero-order valence-electron chi connectivity index (χ0n) is 23.0. The normalized spacial score (nSPS) is 18.3. The Bertz CT molecular complexity index is 1330. The van der Waals surface area contributed by atoms with E-state index in [-0.39, 0.29) is 11.8 Å². The third-order valence-electron chi connectivity index (χ3n) is 8.09. The van der Waals surface area contributed by atoms with Crippen LogP contribution in [0.15, 0.2) is 72.1 Å². The summed E-state index contributed by atoms with van der Waals surface area (Å²) in [7, 11) is 0. The van der Waals surface area contributed by atoms with Gasteiger partial charge in [-0.2, -0.15) is 0 Å². The lowest BCUT2D eigenvalue weighted by Crippen LogP contribution is -2.59. The largest absolute Gasteiger partial charge is 0.366 e. The Kier molecular flexibility index (Phi) is 9.27. The number of nitrogens with one attached hydrogen (secondary N) is 1. The van der Waals surface area contributed by atoms with Crippen LogP contribution >= 0.6 is 22.9 Å². The number of carbonyl (C=O) groups is 3. The van der Waals surface area contributed by atoms with Crippen molar-refractivity contribution < 1.29 is 14.4 Å². The van der Waals surface area contributed by atoms with Crippen molar-refractivity contribution >= 4 is 46.3 Å². The number of benzene rings is 2. The van der Waals surface area contributed by atoms with Crippen molar-refractivity contribution in [2.75, 3.05) is 37.6 Å². The van der Waals surface area contributed by atoms with Crippen LogP contribution in [0.2, 0.25) is 5.02 Å². The van der Waals surface area contributed by atoms with Gasteiger partial charge >= 0.3 is 0 Å². The van der Waals surface area contributed by atoms with Gasteiger partial charge in [-0.15, -0.1) is 11.3 Å². The quantitative estimate of drug-likeness (QED) is 0.331. The van der Waals surface area contributed by atoms with Gasteiger partial charge in [0, 0.05) is 54.7 Å². The van der Waals surface area contributed by atoms with Crippen molar-refractivity contribution in [3.8, 4) is 0 Å². The van der Waals surface area contributed by atoms with Crippen LogP contribution < -0.4 is 16.0 Å². The first kappa shape index (κ1) is 29.1. The van der Waals surface area contributed by atoms with Crippen LogP contribution in [0.1, 0.15) is 29.7 Å². The summed E-state index contributed by atoms with van der Waals surface area (Å²) in [5, 5.41) is 6.14. The third kappa shape index (κ3) is 6.42. The molecule has 0 aliphatic carbocycles. The van der Waals surface area contributed by atoms with E-state index in [9.17, 15) is 14.4 Å². The van der Waals surface area contributed by atoms with Gasteiger partial charge in [0.05, 0.1) is 0 Å². The molecule has 2 fully saturated rings. The summed E-state index contributed by atoms with van der Waals surface area (Å²) in [4.78, 5) is 46.9. The Morgan fingerprint density at radius 3 is 2.37 bits per heavy atom. The van der Waals surface area contributed by atoms with Gasteiger partial charge in [0.25, 0.3) is 11.8 Å². The lowest BCUT2D eigenvalue weighted by Gasteiger charge is -2.44. The highest BCUT2D eigenvalue weighted by atomic mass is 35.5. The molecule has 1 spiro atoms. The number of amides is 3.